The highest BCUT2D eigenvalue weighted by molar-refractivity contribution is 5.82. The van der Waals surface area contributed by atoms with Crippen molar-refractivity contribution in [3.05, 3.63) is 29.6 Å². The summed E-state index contributed by atoms with van der Waals surface area (Å²) in [4.78, 5) is 12.0. The highest BCUT2D eigenvalue weighted by atomic mass is 19.1. The number of ether oxygens (including phenoxy) is 1. The van der Waals surface area contributed by atoms with Gasteiger partial charge in [-0.15, -0.1) is 0 Å². The van der Waals surface area contributed by atoms with Gasteiger partial charge in [0.05, 0.1) is 0 Å². The largest absolute Gasteiger partial charge is 0.484 e. The van der Waals surface area contributed by atoms with Gasteiger partial charge in [-0.05, 0) is 25.0 Å². The Morgan fingerprint density at radius 3 is 2.79 bits per heavy atom. The Kier molecular flexibility index (Phi) is 4.51. The van der Waals surface area contributed by atoms with Crippen LogP contribution >= 0.6 is 0 Å². The topological polar surface area (TPSA) is 50.1 Å². The normalized spacial score (nSPS) is 15.8. The van der Waals surface area contributed by atoms with E-state index in [9.17, 15) is 9.18 Å². The van der Waals surface area contributed by atoms with Crippen molar-refractivity contribution in [2.24, 2.45) is 5.92 Å². The van der Waals surface area contributed by atoms with Gasteiger partial charge in [0, 0.05) is 5.92 Å². The van der Waals surface area contributed by atoms with Crippen LogP contribution in [0.5, 0.6) is 5.75 Å². The zero-order valence-corrected chi connectivity index (χ0v) is 10.7. The third-order valence-electron chi connectivity index (χ3n) is 3.52. The first-order valence-corrected chi connectivity index (χ1v) is 6.56. The minimum Gasteiger partial charge on any atom is -0.484 e. The number of rotatable bonds is 4. The number of ketones is 1. The minimum atomic E-state index is -0.620. The number of carbonyl (C=O) groups is 1. The van der Waals surface area contributed by atoms with Crippen LogP contribution in [0.15, 0.2) is 18.2 Å². The molecule has 0 aromatic heterocycles. The van der Waals surface area contributed by atoms with Crippen LogP contribution in [0.2, 0.25) is 0 Å². The van der Waals surface area contributed by atoms with Gasteiger partial charge in [0.15, 0.2) is 5.78 Å². The predicted molar refractivity (Wildman–Crippen MR) is 68.2 cm³/mol. The van der Waals surface area contributed by atoms with Crippen molar-refractivity contribution in [2.75, 3.05) is 6.61 Å². The molecule has 0 radical (unpaired) electrons. The highest BCUT2D eigenvalue weighted by Gasteiger charge is 2.21. The van der Waals surface area contributed by atoms with E-state index in [1.807, 2.05) is 0 Å². The average molecular weight is 261 g/mol. The quantitative estimate of drug-likeness (QED) is 0.836. The molecule has 1 aromatic carbocycles. The number of nitrogens with zero attached hydrogens (tertiary/aromatic N) is 1. The Morgan fingerprint density at radius 2 is 2.11 bits per heavy atom. The molecule has 0 heterocycles. The maximum Gasteiger partial charge on any atom is 0.173 e. The van der Waals surface area contributed by atoms with Crippen molar-refractivity contribution in [2.45, 2.75) is 32.1 Å². The van der Waals surface area contributed by atoms with Crippen LogP contribution in [0.25, 0.3) is 0 Å². The molecule has 0 unspecified atom stereocenters. The van der Waals surface area contributed by atoms with Gasteiger partial charge < -0.3 is 4.74 Å². The molecule has 1 saturated carbocycles. The van der Waals surface area contributed by atoms with Crippen LogP contribution in [-0.2, 0) is 4.79 Å². The first-order chi connectivity index (χ1) is 9.22. The predicted octanol–water partition coefficient (Wildman–Crippen LogP) is 3.23. The third kappa shape index (κ3) is 3.31. The Bertz CT molecular complexity index is 501. The van der Waals surface area contributed by atoms with E-state index in [2.05, 4.69) is 0 Å². The molecule has 0 atom stereocenters. The summed E-state index contributed by atoms with van der Waals surface area (Å²) in [6.07, 6.45) is 5.18. The highest BCUT2D eigenvalue weighted by Crippen LogP contribution is 2.25. The van der Waals surface area contributed by atoms with Gasteiger partial charge in [-0.3, -0.25) is 4.79 Å². The molecule has 0 bridgehead atoms. The summed E-state index contributed by atoms with van der Waals surface area (Å²) in [6, 6.07) is 5.94. The van der Waals surface area contributed by atoms with E-state index < -0.39 is 5.82 Å². The van der Waals surface area contributed by atoms with Crippen molar-refractivity contribution in [1.82, 2.24) is 0 Å². The van der Waals surface area contributed by atoms with E-state index >= 15 is 0 Å². The van der Waals surface area contributed by atoms with E-state index in [0.717, 1.165) is 25.7 Å². The van der Waals surface area contributed by atoms with E-state index in [0.29, 0.717) is 0 Å². The smallest absolute Gasteiger partial charge is 0.173 e. The van der Waals surface area contributed by atoms with Gasteiger partial charge in [0.2, 0.25) is 0 Å². The fraction of sp³-hybridized carbons (Fsp3) is 0.467. The SMILES string of the molecule is N#Cc1c(F)cccc1OCC(=O)C1CCCCC1. The van der Waals surface area contributed by atoms with Crippen molar-refractivity contribution in [3.63, 3.8) is 0 Å². The van der Waals surface area contributed by atoms with Crippen LogP contribution in [-0.4, -0.2) is 12.4 Å². The summed E-state index contributed by atoms with van der Waals surface area (Å²) < 4.78 is 18.7. The number of Topliss-reactive ketones (excluding diaryl/α,β-unsaturated/α-hetero) is 1. The molecule has 100 valence electrons. The zero-order valence-electron chi connectivity index (χ0n) is 10.7. The van der Waals surface area contributed by atoms with Gasteiger partial charge in [-0.2, -0.15) is 5.26 Å². The Labute approximate surface area is 112 Å². The molecular weight excluding hydrogens is 245 g/mol. The lowest BCUT2D eigenvalue weighted by Gasteiger charge is -2.20. The summed E-state index contributed by atoms with van der Waals surface area (Å²) in [5.41, 5.74) is -0.140. The van der Waals surface area contributed by atoms with Gasteiger partial charge >= 0.3 is 0 Å². The van der Waals surface area contributed by atoms with Gasteiger partial charge in [0.1, 0.15) is 29.8 Å². The molecule has 1 fully saturated rings. The summed E-state index contributed by atoms with van der Waals surface area (Å²) in [6.45, 7) is -0.0806. The Balaban J connectivity index is 1.97. The van der Waals surface area contributed by atoms with E-state index in [-0.39, 0.29) is 29.6 Å². The molecule has 0 amide bonds. The first-order valence-electron chi connectivity index (χ1n) is 6.56. The maximum atomic E-state index is 13.3. The van der Waals surface area contributed by atoms with Crippen LogP contribution in [0.3, 0.4) is 0 Å². The minimum absolute atomic E-state index is 0.0489. The zero-order chi connectivity index (χ0) is 13.7. The second kappa shape index (κ2) is 6.33. The Morgan fingerprint density at radius 1 is 1.37 bits per heavy atom. The maximum absolute atomic E-state index is 13.3. The lowest BCUT2D eigenvalue weighted by Crippen LogP contribution is -2.23. The average Bonchev–Trinajstić information content (AvgIpc) is 2.45. The van der Waals surface area contributed by atoms with Gasteiger partial charge in [0.25, 0.3) is 0 Å². The van der Waals surface area contributed by atoms with E-state index in [1.165, 1.54) is 24.6 Å². The van der Waals surface area contributed by atoms with Gasteiger partial charge in [-0.25, -0.2) is 4.39 Å². The molecule has 4 heteroatoms. The summed E-state index contributed by atoms with van der Waals surface area (Å²) in [5, 5.41) is 8.86. The fourth-order valence-electron chi connectivity index (χ4n) is 2.42. The standard InChI is InChI=1S/C15H16FNO2/c16-13-7-4-8-15(12(13)9-17)19-10-14(18)11-5-2-1-3-6-11/h4,7-8,11H,1-3,5-6,10H2. The molecule has 0 saturated heterocycles. The second-order valence-electron chi connectivity index (χ2n) is 4.81. The first kappa shape index (κ1) is 13.5. The number of hydrogen-bond acceptors (Lipinski definition) is 3. The van der Waals surface area contributed by atoms with Crippen molar-refractivity contribution < 1.29 is 13.9 Å². The monoisotopic (exact) mass is 261 g/mol. The third-order valence-corrected chi connectivity index (χ3v) is 3.52. The number of nitriles is 1. The van der Waals surface area contributed by atoms with E-state index in [1.54, 1.807) is 6.07 Å². The molecule has 1 aliphatic rings. The number of benzene rings is 1. The second-order valence-corrected chi connectivity index (χ2v) is 4.81. The molecule has 2 rings (SSSR count). The number of hydrogen-bond donors (Lipinski definition) is 0. The van der Waals surface area contributed by atoms with Crippen LogP contribution in [0.4, 0.5) is 4.39 Å². The molecule has 3 nitrogen and oxygen atoms in total. The summed E-state index contributed by atoms with van der Waals surface area (Å²) in [5.74, 6) is -0.363. The van der Waals surface area contributed by atoms with Crippen molar-refractivity contribution in [3.8, 4) is 11.8 Å². The lowest BCUT2D eigenvalue weighted by molar-refractivity contribution is -0.125. The molecule has 0 N–H and O–H groups in total. The molecule has 19 heavy (non-hydrogen) atoms. The summed E-state index contributed by atoms with van der Waals surface area (Å²) in [7, 11) is 0. The fourth-order valence-corrected chi connectivity index (χ4v) is 2.42. The number of halogens is 1. The number of carbonyl (C=O) groups excluding carboxylic acids is 1. The Hall–Kier alpha value is -1.89. The molecule has 1 aliphatic carbocycles. The lowest BCUT2D eigenvalue weighted by atomic mass is 9.86. The molecule has 0 aliphatic heterocycles. The molecule has 0 spiro atoms. The van der Waals surface area contributed by atoms with Crippen LogP contribution < -0.4 is 4.74 Å². The summed E-state index contributed by atoms with van der Waals surface area (Å²) >= 11 is 0. The van der Waals surface area contributed by atoms with Crippen molar-refractivity contribution in [1.29, 1.82) is 5.26 Å². The van der Waals surface area contributed by atoms with Crippen LogP contribution in [0.1, 0.15) is 37.7 Å². The van der Waals surface area contributed by atoms with Crippen LogP contribution in [0, 0.1) is 23.1 Å². The molecule has 1 aromatic rings. The van der Waals surface area contributed by atoms with E-state index in [4.69, 9.17) is 10.00 Å². The molecular formula is C15H16FNO2. The van der Waals surface area contributed by atoms with Crippen molar-refractivity contribution >= 4 is 5.78 Å². The van der Waals surface area contributed by atoms with Gasteiger partial charge in [-0.1, -0.05) is 25.3 Å².